The van der Waals surface area contributed by atoms with Gasteiger partial charge in [-0.05, 0) is 137 Å². The minimum Gasteiger partial charge on any atom is -0.344 e. The minimum absolute atomic E-state index is 0.00833. The second-order valence-corrected chi connectivity index (χ2v) is 21.4. The maximum absolute atomic E-state index is 14.1. The van der Waals surface area contributed by atoms with Crippen LogP contribution < -0.4 is 9.80 Å². The van der Waals surface area contributed by atoms with Gasteiger partial charge in [0.2, 0.25) is 5.71 Å². The first-order valence-corrected chi connectivity index (χ1v) is 23.6. The van der Waals surface area contributed by atoms with E-state index in [1.165, 1.54) is 0 Å². The van der Waals surface area contributed by atoms with E-state index in [2.05, 4.69) is 114 Å². The monoisotopic (exact) mass is 1030 g/mol. The number of unbranched alkanes of at least 4 members (excludes halogenated alkanes) is 3. The van der Waals surface area contributed by atoms with Gasteiger partial charge in [-0.1, -0.05) is 59.6 Å². The van der Waals surface area contributed by atoms with Crippen molar-refractivity contribution in [2.24, 2.45) is 0 Å². The molecule has 15 heteroatoms. The van der Waals surface area contributed by atoms with Crippen molar-refractivity contribution < 1.29 is 38.5 Å². The smallest absolute Gasteiger partial charge is 0.344 e. The number of rotatable bonds is 12. The fourth-order valence-electron chi connectivity index (χ4n) is 7.93. The summed E-state index contributed by atoms with van der Waals surface area (Å²) in [5.74, 6) is -0.366. The Balaban J connectivity index is 1.63. The van der Waals surface area contributed by atoms with Crippen LogP contribution in [-0.4, -0.2) is 62.5 Å². The van der Waals surface area contributed by atoms with Crippen LogP contribution in [0.3, 0.4) is 0 Å². The third kappa shape index (κ3) is 9.09. The van der Waals surface area contributed by atoms with Crippen molar-refractivity contribution in [1.82, 2.24) is 0 Å². The molecule has 0 amide bonds. The maximum Gasteiger partial charge on any atom is 0.560 e. The van der Waals surface area contributed by atoms with Crippen LogP contribution in [0.5, 0.6) is 0 Å². The van der Waals surface area contributed by atoms with Gasteiger partial charge in [-0.3, -0.25) is 4.55 Å². The van der Waals surface area contributed by atoms with Gasteiger partial charge in [0.05, 0.1) is 5.75 Å². The van der Waals surface area contributed by atoms with E-state index in [0.717, 1.165) is 73.9 Å². The fourth-order valence-corrected chi connectivity index (χ4v) is 10.3. The fraction of sp³-hybridized carbons (Fsp3) is 0.475. The van der Waals surface area contributed by atoms with E-state index in [9.17, 15) is 34.6 Å². The molecule has 0 saturated heterocycles. The lowest BCUT2D eigenvalue weighted by Crippen LogP contribution is -2.35. The highest BCUT2D eigenvalue weighted by Crippen LogP contribution is 2.50. The van der Waals surface area contributed by atoms with Crippen LogP contribution in [0.2, 0.25) is 0 Å². The predicted molar refractivity (Wildman–Crippen MR) is 232 cm³/mol. The van der Waals surface area contributed by atoms with E-state index in [1.807, 2.05) is 24.3 Å². The largest absolute Gasteiger partial charge is 0.560 e. The highest BCUT2D eigenvalue weighted by Gasteiger charge is 2.55. The molecule has 1 N–H and O–H groups in total. The molecule has 0 radical (unpaired) electrons. The van der Waals surface area contributed by atoms with E-state index in [4.69, 9.17) is 0 Å². The van der Waals surface area contributed by atoms with Crippen LogP contribution in [0.4, 0.5) is 24.5 Å². The molecule has 55 heavy (non-hydrogen) atoms. The highest BCUT2D eigenvalue weighted by atomic mass is 127. The molecule has 2 heterocycles. The quantitative estimate of drug-likeness (QED) is 0.0979. The summed E-state index contributed by atoms with van der Waals surface area (Å²) in [7, 11) is -8.87. The summed E-state index contributed by atoms with van der Waals surface area (Å²) < 4.78 is 103. The zero-order chi connectivity index (χ0) is 40.7. The van der Waals surface area contributed by atoms with Gasteiger partial charge in [-0.2, -0.15) is 30.0 Å². The van der Waals surface area contributed by atoms with Gasteiger partial charge in [0.25, 0.3) is 10.1 Å². The Morgan fingerprint density at radius 2 is 1.20 bits per heavy atom. The number of hydrogen-bond donors (Lipinski definition) is 1. The summed E-state index contributed by atoms with van der Waals surface area (Å²) in [6.07, 6.45) is 11.8. The summed E-state index contributed by atoms with van der Waals surface area (Å²) in [6, 6.07) is 12.4. The summed E-state index contributed by atoms with van der Waals surface area (Å²) in [6.45, 7) is 11.7. The molecule has 0 unspecified atom stereocenters. The van der Waals surface area contributed by atoms with E-state index in [-0.39, 0.29) is 17.9 Å². The van der Waals surface area contributed by atoms with Crippen LogP contribution in [0, 0.1) is 7.14 Å². The Morgan fingerprint density at radius 3 is 1.60 bits per heavy atom. The highest BCUT2D eigenvalue weighted by molar-refractivity contribution is 14.1. The third-order valence-electron chi connectivity index (χ3n) is 10.9. The normalized spacial score (nSPS) is 22.0. The number of anilines is 2. The van der Waals surface area contributed by atoms with Gasteiger partial charge in [0.15, 0.2) is 7.05 Å². The maximum atomic E-state index is 14.1. The van der Waals surface area contributed by atoms with Gasteiger partial charge in [0, 0.05) is 65.0 Å². The summed E-state index contributed by atoms with van der Waals surface area (Å²) >= 11 is 4.54. The van der Waals surface area contributed by atoms with E-state index in [1.54, 1.807) is 12.2 Å². The lowest BCUT2D eigenvalue weighted by molar-refractivity contribution is -0.340. The van der Waals surface area contributed by atoms with Crippen molar-refractivity contribution in [3.05, 3.63) is 102 Å². The molecular weight excluding hydrogens is 977 g/mol. The van der Waals surface area contributed by atoms with Gasteiger partial charge in [-0.15, -0.1) is 3.98 Å². The van der Waals surface area contributed by atoms with Gasteiger partial charge in [0.1, 0.15) is 0 Å². The Hall–Kier alpha value is -2.22. The molecule has 2 aromatic carbocycles. The second kappa shape index (κ2) is 16.6. The molecule has 8 nitrogen and oxygen atoms in total. The molecule has 1 aliphatic carbocycles. The molecule has 5 rings (SSSR count). The lowest BCUT2D eigenvalue weighted by Gasteiger charge is -2.27. The van der Waals surface area contributed by atoms with E-state index < -0.39 is 36.5 Å². The average Bonchev–Trinajstić information content (AvgIpc) is 3.64. The van der Waals surface area contributed by atoms with Gasteiger partial charge < -0.3 is 9.80 Å². The first-order valence-electron chi connectivity index (χ1n) is 18.4. The number of allylic oxidation sites excluding steroid dienone is 8. The molecule has 3 aliphatic rings. The van der Waals surface area contributed by atoms with Crippen molar-refractivity contribution >= 4 is 82.4 Å². The standard InChI is InChI=1S/C40H48F3I2N3O5S2/c1-7-8-9-22-47-33-18-16-29(44)25-31(33)38(2,3)35(47)20-14-27-12-13-28(37(27)46(6)55(52,53)40(41,42)43)15-21-36-39(4,5)32-26-30(45)17-19-34(32)48(36)23-10-11-24-54(49,50)51/h14-21,25-26H,7-13,22-24H2,1-6H3/p+1. The Labute approximate surface area is 351 Å². The molecule has 0 bridgehead atoms. The molecule has 2 aromatic rings. The van der Waals surface area contributed by atoms with Crippen molar-refractivity contribution in [3.8, 4) is 0 Å². The Bertz CT molecular complexity index is 2220. The minimum atomic E-state index is -5.73. The molecule has 0 spiro atoms. The number of fused-ring (bicyclic) bond motifs is 2. The van der Waals surface area contributed by atoms with Crippen molar-refractivity contribution in [1.29, 1.82) is 0 Å². The van der Waals surface area contributed by atoms with Crippen LogP contribution in [-0.2, 0) is 31.0 Å². The van der Waals surface area contributed by atoms with E-state index in [0.29, 0.717) is 40.9 Å². The zero-order valence-corrected chi connectivity index (χ0v) is 37.9. The molecule has 1 fully saturated rings. The number of sulfonamides is 1. The van der Waals surface area contributed by atoms with Crippen LogP contribution in [0.1, 0.15) is 90.7 Å². The molecule has 2 aliphatic heterocycles. The first-order chi connectivity index (χ1) is 25.5. The number of benzene rings is 2. The summed E-state index contributed by atoms with van der Waals surface area (Å²) in [5, 5.41) is 0. The Kier molecular flexibility index (Phi) is 13.2. The molecule has 300 valence electrons. The number of halogens is 5. The number of hydrogen-bond acceptors (Lipinski definition) is 6. The summed E-state index contributed by atoms with van der Waals surface area (Å²) in [5.41, 5.74) is 0.590. The third-order valence-corrected chi connectivity index (χ3v) is 14.5. The molecule has 1 saturated carbocycles. The van der Waals surface area contributed by atoms with Crippen molar-refractivity contribution in [3.63, 3.8) is 0 Å². The molecule has 0 aromatic heterocycles. The summed E-state index contributed by atoms with van der Waals surface area (Å²) in [4.78, 5) is 4.36. The van der Waals surface area contributed by atoms with Crippen molar-refractivity contribution in [2.45, 2.75) is 95.9 Å². The van der Waals surface area contributed by atoms with Gasteiger partial charge >= 0.3 is 15.5 Å². The molecular formula is C40H49F3I2N3O5S2+. The van der Waals surface area contributed by atoms with Crippen LogP contribution in [0.25, 0.3) is 0 Å². The van der Waals surface area contributed by atoms with Crippen LogP contribution in [0.15, 0.2) is 83.2 Å². The van der Waals surface area contributed by atoms with Gasteiger partial charge in [-0.25, -0.2) is 0 Å². The van der Waals surface area contributed by atoms with Crippen molar-refractivity contribution in [2.75, 3.05) is 35.7 Å². The molecule has 0 atom stereocenters. The first kappa shape index (κ1) is 43.9. The SMILES string of the molecule is CCCCCN1C(=CC=C2CC/C(=C\C=C3\N(CCCCS(=O)(=O)O)c4ccc(I)cc4C3(C)C)C2=[N+](C)S(=O)(=O)C(F)(F)F)C(C)(C)c2cc(I)ccc21. The average molecular weight is 1030 g/mol. The topological polar surface area (TPSA) is 98.0 Å². The van der Waals surface area contributed by atoms with Crippen LogP contribution >= 0.6 is 45.2 Å². The lowest BCUT2D eigenvalue weighted by atomic mass is 9.83. The number of nitrogens with zero attached hydrogens (tertiary/aromatic N) is 3. The predicted octanol–water partition coefficient (Wildman–Crippen LogP) is 10.00. The van der Waals surface area contributed by atoms with E-state index >= 15 is 0 Å². The second-order valence-electron chi connectivity index (χ2n) is 15.3. The Morgan fingerprint density at radius 1 is 0.764 bits per heavy atom. The number of alkyl halides is 3. The zero-order valence-electron chi connectivity index (χ0n) is 32.0.